The first kappa shape index (κ1) is 23.1. The van der Waals surface area contributed by atoms with Crippen molar-refractivity contribution in [3.05, 3.63) is 29.8 Å². The third-order valence-electron chi connectivity index (χ3n) is 6.19. The summed E-state index contributed by atoms with van der Waals surface area (Å²) in [4.78, 5) is 40.7. The maximum absolute atomic E-state index is 12.9. The van der Waals surface area contributed by atoms with E-state index in [2.05, 4.69) is 0 Å². The van der Waals surface area contributed by atoms with E-state index in [4.69, 9.17) is 9.47 Å². The Labute approximate surface area is 184 Å². The van der Waals surface area contributed by atoms with Crippen molar-refractivity contribution in [1.82, 2.24) is 9.80 Å². The third kappa shape index (κ3) is 6.97. The van der Waals surface area contributed by atoms with Gasteiger partial charge in [-0.1, -0.05) is 32.1 Å². The van der Waals surface area contributed by atoms with Gasteiger partial charge in [-0.3, -0.25) is 9.59 Å². The standard InChI is InChI=1S/C24H34N2O5/c1-2-30-24(29)31-21-12-10-20(11-13-21)23(28)26-16-6-15-25(17-18-26)22(27)14-9-19-7-4-3-5-8-19/h10-13,19H,2-9,14-18H2,1H3. The summed E-state index contributed by atoms with van der Waals surface area (Å²) in [6.45, 7) is 4.40. The molecule has 0 N–H and O–H groups in total. The van der Waals surface area contributed by atoms with Crippen LogP contribution in [0, 0.1) is 5.92 Å². The highest BCUT2D eigenvalue weighted by atomic mass is 16.7. The highest BCUT2D eigenvalue weighted by Crippen LogP contribution is 2.27. The van der Waals surface area contributed by atoms with Crippen molar-refractivity contribution in [2.45, 2.75) is 58.3 Å². The van der Waals surface area contributed by atoms with E-state index >= 15 is 0 Å². The number of hydrogen-bond donors (Lipinski definition) is 0. The Hall–Kier alpha value is -2.57. The predicted octanol–water partition coefficient (Wildman–Crippen LogP) is 4.26. The van der Waals surface area contributed by atoms with Crippen LogP contribution in [0.3, 0.4) is 0 Å². The lowest BCUT2D eigenvalue weighted by molar-refractivity contribution is -0.131. The van der Waals surface area contributed by atoms with Gasteiger partial charge in [0.15, 0.2) is 0 Å². The first-order valence-corrected chi connectivity index (χ1v) is 11.6. The molecule has 0 radical (unpaired) electrons. The maximum Gasteiger partial charge on any atom is 0.513 e. The molecule has 0 unspecified atom stereocenters. The number of nitrogens with zero attached hydrogens (tertiary/aromatic N) is 2. The van der Waals surface area contributed by atoms with E-state index in [0.717, 1.165) is 12.8 Å². The van der Waals surface area contributed by atoms with Gasteiger partial charge < -0.3 is 19.3 Å². The van der Waals surface area contributed by atoms with Gasteiger partial charge in [-0.25, -0.2) is 4.79 Å². The molecule has 1 aromatic rings. The quantitative estimate of drug-likeness (QED) is 0.498. The Balaban J connectivity index is 1.47. The van der Waals surface area contributed by atoms with Crippen molar-refractivity contribution in [2.24, 2.45) is 5.92 Å². The lowest BCUT2D eigenvalue weighted by Crippen LogP contribution is -2.37. The van der Waals surface area contributed by atoms with Crippen molar-refractivity contribution >= 4 is 18.0 Å². The second-order valence-electron chi connectivity index (χ2n) is 8.38. The molecule has 7 nitrogen and oxygen atoms in total. The van der Waals surface area contributed by atoms with Gasteiger partial charge in [0.2, 0.25) is 5.91 Å². The molecule has 170 valence electrons. The number of benzene rings is 1. The lowest BCUT2D eigenvalue weighted by atomic mass is 9.86. The Morgan fingerprint density at radius 1 is 0.903 bits per heavy atom. The van der Waals surface area contributed by atoms with E-state index in [9.17, 15) is 14.4 Å². The fourth-order valence-corrected chi connectivity index (χ4v) is 4.42. The highest BCUT2D eigenvalue weighted by Gasteiger charge is 2.24. The number of carbonyl (C=O) groups is 3. The van der Waals surface area contributed by atoms with Gasteiger partial charge in [0.05, 0.1) is 6.61 Å². The minimum Gasteiger partial charge on any atom is -0.434 e. The summed E-state index contributed by atoms with van der Waals surface area (Å²) in [5, 5.41) is 0. The van der Waals surface area contributed by atoms with Crippen LogP contribution in [-0.4, -0.2) is 60.6 Å². The smallest absolute Gasteiger partial charge is 0.434 e. The molecule has 0 atom stereocenters. The molecular weight excluding hydrogens is 396 g/mol. The first-order valence-electron chi connectivity index (χ1n) is 11.6. The Bertz CT molecular complexity index is 743. The summed E-state index contributed by atoms with van der Waals surface area (Å²) >= 11 is 0. The molecule has 1 aromatic carbocycles. The first-order chi connectivity index (χ1) is 15.1. The van der Waals surface area contributed by atoms with Crippen LogP contribution >= 0.6 is 0 Å². The molecule has 31 heavy (non-hydrogen) atoms. The Morgan fingerprint density at radius 2 is 1.58 bits per heavy atom. The van der Waals surface area contributed by atoms with E-state index in [0.29, 0.717) is 49.8 Å². The zero-order chi connectivity index (χ0) is 22.1. The molecule has 0 bridgehead atoms. The zero-order valence-corrected chi connectivity index (χ0v) is 18.5. The molecule has 1 heterocycles. The molecule has 7 heteroatoms. The van der Waals surface area contributed by atoms with Gasteiger partial charge in [0.1, 0.15) is 5.75 Å². The number of carbonyl (C=O) groups excluding carboxylic acids is 3. The van der Waals surface area contributed by atoms with Gasteiger partial charge >= 0.3 is 6.16 Å². The summed E-state index contributed by atoms with van der Waals surface area (Å²) in [6, 6.07) is 6.47. The SMILES string of the molecule is CCOC(=O)Oc1ccc(C(=O)N2CCCN(C(=O)CCC3CCCCC3)CC2)cc1. The molecule has 2 amide bonds. The molecule has 2 aliphatic rings. The van der Waals surface area contributed by atoms with Crippen LogP contribution in [0.25, 0.3) is 0 Å². The second kappa shape index (κ2) is 11.7. The number of amides is 2. The Kier molecular flexibility index (Phi) is 8.74. The van der Waals surface area contributed by atoms with Gasteiger partial charge in [-0.15, -0.1) is 0 Å². The lowest BCUT2D eigenvalue weighted by Gasteiger charge is -2.24. The highest BCUT2D eigenvalue weighted by molar-refractivity contribution is 5.94. The summed E-state index contributed by atoms with van der Waals surface area (Å²) < 4.78 is 9.78. The summed E-state index contributed by atoms with van der Waals surface area (Å²) in [7, 11) is 0. The molecular formula is C24H34N2O5. The van der Waals surface area contributed by atoms with Gasteiger partial charge in [-0.05, 0) is 49.9 Å². The van der Waals surface area contributed by atoms with Crippen LogP contribution in [0.1, 0.15) is 68.6 Å². The average molecular weight is 431 g/mol. The minimum atomic E-state index is -0.762. The topological polar surface area (TPSA) is 76.2 Å². The van der Waals surface area contributed by atoms with Crippen molar-refractivity contribution in [3.63, 3.8) is 0 Å². The molecule has 0 spiro atoms. The average Bonchev–Trinajstić information content (AvgIpc) is 3.05. The Morgan fingerprint density at radius 3 is 2.29 bits per heavy atom. The second-order valence-corrected chi connectivity index (χ2v) is 8.38. The van der Waals surface area contributed by atoms with Crippen LogP contribution < -0.4 is 4.74 Å². The minimum absolute atomic E-state index is 0.0702. The molecule has 0 aromatic heterocycles. The number of rotatable bonds is 6. The fraction of sp³-hybridized carbons (Fsp3) is 0.625. The van der Waals surface area contributed by atoms with Gasteiger partial charge in [-0.2, -0.15) is 0 Å². The van der Waals surface area contributed by atoms with Gasteiger partial charge in [0.25, 0.3) is 5.91 Å². The van der Waals surface area contributed by atoms with Crippen LogP contribution in [0.15, 0.2) is 24.3 Å². The normalized spacial score (nSPS) is 17.7. The van der Waals surface area contributed by atoms with Crippen molar-refractivity contribution in [2.75, 3.05) is 32.8 Å². The zero-order valence-electron chi connectivity index (χ0n) is 18.5. The van der Waals surface area contributed by atoms with E-state index in [1.165, 1.54) is 32.1 Å². The van der Waals surface area contributed by atoms with Gasteiger partial charge in [0, 0.05) is 38.2 Å². The van der Waals surface area contributed by atoms with Crippen molar-refractivity contribution < 1.29 is 23.9 Å². The van der Waals surface area contributed by atoms with Crippen LogP contribution in [0.4, 0.5) is 4.79 Å². The van der Waals surface area contributed by atoms with E-state index in [-0.39, 0.29) is 18.4 Å². The summed E-state index contributed by atoms with van der Waals surface area (Å²) in [5.41, 5.74) is 0.535. The van der Waals surface area contributed by atoms with Crippen molar-refractivity contribution in [3.8, 4) is 5.75 Å². The number of ether oxygens (including phenoxy) is 2. The molecule has 1 aliphatic heterocycles. The molecule has 1 aliphatic carbocycles. The summed E-state index contributed by atoms with van der Waals surface area (Å²) in [6.07, 6.45) is 8.11. The van der Waals surface area contributed by atoms with Crippen LogP contribution in [0.5, 0.6) is 5.75 Å². The number of hydrogen-bond acceptors (Lipinski definition) is 5. The van der Waals surface area contributed by atoms with Crippen molar-refractivity contribution in [1.29, 1.82) is 0 Å². The van der Waals surface area contributed by atoms with Crippen LogP contribution in [-0.2, 0) is 9.53 Å². The fourth-order valence-electron chi connectivity index (χ4n) is 4.42. The van der Waals surface area contributed by atoms with E-state index in [1.54, 1.807) is 36.1 Å². The summed E-state index contributed by atoms with van der Waals surface area (Å²) in [5.74, 6) is 1.19. The third-order valence-corrected chi connectivity index (χ3v) is 6.19. The van der Waals surface area contributed by atoms with E-state index < -0.39 is 6.16 Å². The maximum atomic E-state index is 12.9. The van der Waals surface area contributed by atoms with Crippen LogP contribution in [0.2, 0.25) is 0 Å². The van der Waals surface area contributed by atoms with E-state index in [1.807, 2.05) is 4.90 Å². The predicted molar refractivity (Wildman–Crippen MR) is 117 cm³/mol. The largest absolute Gasteiger partial charge is 0.513 e. The molecule has 2 fully saturated rings. The molecule has 1 saturated carbocycles. The molecule has 1 saturated heterocycles. The molecule has 3 rings (SSSR count). The monoisotopic (exact) mass is 430 g/mol.